The van der Waals surface area contributed by atoms with E-state index in [0.29, 0.717) is 10.8 Å². The van der Waals surface area contributed by atoms with Gasteiger partial charge in [0.2, 0.25) is 11.8 Å². The number of hydrazine groups is 1. The van der Waals surface area contributed by atoms with Gasteiger partial charge >= 0.3 is 0 Å². The molecule has 2 rings (SSSR count). The van der Waals surface area contributed by atoms with E-state index in [4.69, 9.17) is 22.2 Å². The van der Waals surface area contributed by atoms with Crippen LogP contribution in [0.4, 0.5) is 10.3 Å². The van der Waals surface area contributed by atoms with E-state index in [2.05, 4.69) is 15.4 Å². The first kappa shape index (κ1) is 12.5. The lowest BCUT2D eigenvalue weighted by atomic mass is 10.2. The Bertz CT molecular complexity index is 579. The SMILES string of the molecule is Cc1ccc(Oc2nc(NN)ncc2F)c(Cl)c1. The molecule has 1 aromatic heterocycles. The zero-order valence-electron chi connectivity index (χ0n) is 9.45. The third-order valence-electron chi connectivity index (χ3n) is 2.14. The smallest absolute Gasteiger partial charge is 0.260 e. The Morgan fingerprint density at radius 3 is 2.89 bits per heavy atom. The first-order valence-electron chi connectivity index (χ1n) is 5.03. The summed E-state index contributed by atoms with van der Waals surface area (Å²) in [6, 6.07) is 5.13. The topological polar surface area (TPSA) is 73.1 Å². The molecule has 2 aromatic rings. The van der Waals surface area contributed by atoms with Crippen molar-refractivity contribution in [2.24, 2.45) is 5.84 Å². The van der Waals surface area contributed by atoms with Crippen molar-refractivity contribution < 1.29 is 9.13 Å². The number of nitrogens with zero attached hydrogens (tertiary/aromatic N) is 2. The lowest BCUT2D eigenvalue weighted by Crippen LogP contribution is -2.11. The number of rotatable bonds is 3. The molecule has 0 atom stereocenters. The molecule has 0 amide bonds. The van der Waals surface area contributed by atoms with E-state index in [9.17, 15) is 4.39 Å². The zero-order chi connectivity index (χ0) is 13.1. The van der Waals surface area contributed by atoms with Crippen LogP contribution in [0.15, 0.2) is 24.4 Å². The highest BCUT2D eigenvalue weighted by molar-refractivity contribution is 6.32. The molecule has 0 aliphatic rings. The number of halogens is 2. The summed E-state index contributed by atoms with van der Waals surface area (Å²) in [5.41, 5.74) is 3.17. The number of aromatic nitrogens is 2. The molecule has 0 saturated carbocycles. The van der Waals surface area contributed by atoms with Crippen LogP contribution in [0.2, 0.25) is 5.02 Å². The van der Waals surface area contributed by atoms with E-state index in [-0.39, 0.29) is 11.8 Å². The standard InChI is InChI=1S/C11H10ClFN4O/c1-6-2-3-9(7(12)4-6)18-10-8(13)5-15-11(16-10)17-14/h2-5H,14H2,1H3,(H,15,16,17). The molecule has 94 valence electrons. The predicted octanol–water partition coefficient (Wildman–Crippen LogP) is 2.66. The van der Waals surface area contributed by atoms with Gasteiger partial charge in [0.25, 0.3) is 5.88 Å². The summed E-state index contributed by atoms with van der Waals surface area (Å²) in [6.07, 6.45) is 0.958. The molecule has 0 spiro atoms. The number of hydrogen-bond acceptors (Lipinski definition) is 5. The van der Waals surface area contributed by atoms with Crippen LogP contribution in [0.5, 0.6) is 11.6 Å². The summed E-state index contributed by atoms with van der Waals surface area (Å²) in [7, 11) is 0. The Morgan fingerprint density at radius 1 is 1.44 bits per heavy atom. The number of aryl methyl sites for hydroxylation is 1. The van der Waals surface area contributed by atoms with Crippen molar-refractivity contribution in [3.05, 3.63) is 40.8 Å². The van der Waals surface area contributed by atoms with Crippen molar-refractivity contribution in [2.75, 3.05) is 5.43 Å². The third-order valence-corrected chi connectivity index (χ3v) is 2.43. The minimum absolute atomic E-state index is 0.0506. The molecule has 7 heteroatoms. The van der Waals surface area contributed by atoms with Gasteiger partial charge < -0.3 is 4.74 Å². The molecule has 0 fully saturated rings. The molecule has 0 saturated heterocycles. The van der Waals surface area contributed by atoms with E-state index in [1.165, 1.54) is 0 Å². The van der Waals surface area contributed by atoms with Crippen molar-refractivity contribution in [1.82, 2.24) is 9.97 Å². The van der Waals surface area contributed by atoms with Crippen molar-refractivity contribution in [3.63, 3.8) is 0 Å². The molecule has 1 heterocycles. The van der Waals surface area contributed by atoms with E-state index in [0.717, 1.165) is 11.8 Å². The molecule has 0 aliphatic carbocycles. The number of nitrogens with one attached hydrogen (secondary N) is 1. The number of nitrogens with two attached hydrogens (primary N) is 1. The second kappa shape index (κ2) is 5.16. The highest BCUT2D eigenvalue weighted by Crippen LogP contribution is 2.30. The second-order valence-corrected chi connectivity index (χ2v) is 3.93. The average molecular weight is 269 g/mol. The lowest BCUT2D eigenvalue weighted by Gasteiger charge is -2.08. The van der Waals surface area contributed by atoms with E-state index in [1.807, 2.05) is 6.92 Å². The molecule has 0 aliphatic heterocycles. The number of anilines is 1. The van der Waals surface area contributed by atoms with Gasteiger partial charge in [0.15, 0.2) is 0 Å². The summed E-state index contributed by atoms with van der Waals surface area (Å²) in [5, 5.41) is 0.371. The van der Waals surface area contributed by atoms with Crippen molar-refractivity contribution >= 4 is 17.5 Å². The van der Waals surface area contributed by atoms with Gasteiger partial charge in [-0.15, -0.1) is 0 Å². The van der Waals surface area contributed by atoms with Gasteiger partial charge in [0.05, 0.1) is 11.2 Å². The van der Waals surface area contributed by atoms with Gasteiger partial charge in [-0.2, -0.15) is 9.37 Å². The predicted molar refractivity (Wildman–Crippen MR) is 66.1 cm³/mol. The fraction of sp³-hybridized carbons (Fsp3) is 0.0909. The number of ether oxygens (including phenoxy) is 1. The highest BCUT2D eigenvalue weighted by Gasteiger charge is 2.11. The molecule has 1 aromatic carbocycles. The van der Waals surface area contributed by atoms with Crippen LogP contribution in [0.3, 0.4) is 0 Å². The minimum atomic E-state index is -0.703. The molecule has 0 radical (unpaired) electrons. The van der Waals surface area contributed by atoms with Crippen LogP contribution >= 0.6 is 11.6 Å². The van der Waals surface area contributed by atoms with Crippen molar-refractivity contribution in [2.45, 2.75) is 6.92 Å². The lowest BCUT2D eigenvalue weighted by molar-refractivity contribution is 0.421. The average Bonchev–Trinajstić information content (AvgIpc) is 2.35. The van der Waals surface area contributed by atoms with E-state index in [1.54, 1.807) is 18.2 Å². The van der Waals surface area contributed by atoms with Crippen LogP contribution in [-0.2, 0) is 0 Å². The summed E-state index contributed by atoms with van der Waals surface area (Å²) >= 11 is 5.97. The fourth-order valence-corrected chi connectivity index (χ4v) is 1.56. The Balaban J connectivity index is 2.33. The van der Waals surface area contributed by atoms with Crippen molar-refractivity contribution in [1.29, 1.82) is 0 Å². The maximum Gasteiger partial charge on any atom is 0.260 e. The summed E-state index contributed by atoms with van der Waals surface area (Å²) in [6.45, 7) is 1.89. The molecule has 0 unspecified atom stereocenters. The summed E-state index contributed by atoms with van der Waals surface area (Å²) < 4.78 is 18.7. The second-order valence-electron chi connectivity index (χ2n) is 3.53. The monoisotopic (exact) mass is 268 g/mol. The molecule has 3 N–H and O–H groups in total. The highest BCUT2D eigenvalue weighted by atomic mass is 35.5. The molecule has 0 bridgehead atoms. The van der Waals surface area contributed by atoms with Gasteiger partial charge in [-0.3, -0.25) is 5.43 Å². The van der Waals surface area contributed by atoms with Crippen LogP contribution in [0, 0.1) is 12.7 Å². The van der Waals surface area contributed by atoms with Crippen molar-refractivity contribution in [3.8, 4) is 11.6 Å². The van der Waals surface area contributed by atoms with Gasteiger partial charge in [-0.05, 0) is 24.6 Å². The number of benzene rings is 1. The quantitative estimate of drug-likeness (QED) is 0.661. The maximum atomic E-state index is 13.4. The molecule has 5 nitrogen and oxygen atoms in total. The first-order chi connectivity index (χ1) is 8.60. The Hall–Kier alpha value is -1.92. The first-order valence-corrected chi connectivity index (χ1v) is 5.41. The van der Waals surface area contributed by atoms with E-state index >= 15 is 0 Å². The number of hydrogen-bond donors (Lipinski definition) is 2. The van der Waals surface area contributed by atoms with Crippen LogP contribution < -0.4 is 16.0 Å². The van der Waals surface area contributed by atoms with E-state index < -0.39 is 5.82 Å². The summed E-state index contributed by atoms with van der Waals surface area (Å²) in [5.74, 6) is 4.54. The van der Waals surface area contributed by atoms with Crippen LogP contribution in [0.25, 0.3) is 0 Å². The zero-order valence-corrected chi connectivity index (χ0v) is 10.2. The Kier molecular flexibility index (Phi) is 3.59. The minimum Gasteiger partial charge on any atom is -0.435 e. The van der Waals surface area contributed by atoms with Gasteiger partial charge in [0.1, 0.15) is 5.75 Å². The number of nitrogen functional groups attached to an aromatic ring is 1. The molecular weight excluding hydrogens is 259 g/mol. The van der Waals surface area contributed by atoms with Crippen LogP contribution in [-0.4, -0.2) is 9.97 Å². The Morgan fingerprint density at radius 2 is 2.22 bits per heavy atom. The van der Waals surface area contributed by atoms with Gasteiger partial charge in [-0.25, -0.2) is 10.8 Å². The summed E-state index contributed by atoms with van der Waals surface area (Å²) in [4.78, 5) is 7.35. The fourth-order valence-electron chi connectivity index (χ4n) is 1.29. The van der Waals surface area contributed by atoms with Gasteiger partial charge in [0, 0.05) is 0 Å². The molecule has 18 heavy (non-hydrogen) atoms. The van der Waals surface area contributed by atoms with Gasteiger partial charge in [-0.1, -0.05) is 17.7 Å². The largest absolute Gasteiger partial charge is 0.435 e. The molecular formula is C11H10ClFN4O. The Labute approximate surface area is 108 Å². The normalized spacial score (nSPS) is 10.2. The van der Waals surface area contributed by atoms with Crippen LogP contribution in [0.1, 0.15) is 5.56 Å². The third kappa shape index (κ3) is 2.66. The maximum absolute atomic E-state index is 13.4.